The molecule has 4 heterocycles. The molecule has 5 nitrogen and oxygen atoms in total. The fourth-order valence-electron chi connectivity index (χ4n) is 4.01. The Labute approximate surface area is 149 Å². The Balaban J connectivity index is 1.22. The predicted octanol–water partition coefficient (Wildman–Crippen LogP) is 2.67. The highest BCUT2D eigenvalue weighted by Crippen LogP contribution is 2.42. The summed E-state index contributed by atoms with van der Waals surface area (Å²) in [5.74, 6) is 0.607. The highest BCUT2D eigenvalue weighted by molar-refractivity contribution is 5.12. The molecule has 2 aliphatic rings. The molecule has 0 N–H and O–H groups in total. The Morgan fingerprint density at radius 3 is 2.80 bits per heavy atom. The molecule has 2 fully saturated rings. The zero-order chi connectivity index (χ0) is 17.0. The first-order chi connectivity index (χ1) is 12.3. The summed E-state index contributed by atoms with van der Waals surface area (Å²) < 4.78 is 12.0. The molecule has 2 saturated heterocycles. The van der Waals surface area contributed by atoms with Crippen molar-refractivity contribution in [2.45, 2.75) is 31.6 Å². The number of nitrogens with zero attached hydrogens (tertiary/aromatic N) is 3. The van der Waals surface area contributed by atoms with Crippen LogP contribution in [0.4, 0.5) is 0 Å². The quantitative estimate of drug-likeness (QED) is 0.726. The van der Waals surface area contributed by atoms with Crippen molar-refractivity contribution in [3.05, 3.63) is 60.2 Å². The molecule has 132 valence electrons. The van der Waals surface area contributed by atoms with Gasteiger partial charge in [0.05, 0.1) is 12.2 Å². The third kappa shape index (κ3) is 3.89. The molecule has 0 amide bonds. The van der Waals surface area contributed by atoms with Crippen LogP contribution in [-0.2, 0) is 22.6 Å². The summed E-state index contributed by atoms with van der Waals surface area (Å²) in [6.07, 6.45) is 9.62. The Kier molecular flexibility index (Phi) is 5.06. The van der Waals surface area contributed by atoms with Crippen LogP contribution in [0.3, 0.4) is 0 Å². The summed E-state index contributed by atoms with van der Waals surface area (Å²) >= 11 is 0. The molecule has 0 aliphatic carbocycles. The van der Waals surface area contributed by atoms with E-state index >= 15 is 0 Å². The Morgan fingerprint density at radius 1 is 1.12 bits per heavy atom. The monoisotopic (exact) mass is 339 g/mol. The number of pyridine rings is 2. The van der Waals surface area contributed by atoms with E-state index in [-0.39, 0.29) is 5.60 Å². The van der Waals surface area contributed by atoms with Crippen LogP contribution >= 0.6 is 0 Å². The summed E-state index contributed by atoms with van der Waals surface area (Å²) in [4.78, 5) is 10.7. The smallest absolute Gasteiger partial charge is 0.0964 e. The van der Waals surface area contributed by atoms with Gasteiger partial charge in [-0.3, -0.25) is 14.9 Å². The van der Waals surface area contributed by atoms with Crippen molar-refractivity contribution in [1.82, 2.24) is 14.9 Å². The van der Waals surface area contributed by atoms with Crippen molar-refractivity contribution in [3.63, 3.8) is 0 Å². The van der Waals surface area contributed by atoms with Gasteiger partial charge in [-0.05, 0) is 48.1 Å². The maximum atomic E-state index is 6.15. The van der Waals surface area contributed by atoms with Gasteiger partial charge < -0.3 is 9.47 Å². The second-order valence-electron chi connectivity index (χ2n) is 7.10. The van der Waals surface area contributed by atoms with Gasteiger partial charge >= 0.3 is 0 Å². The third-order valence-electron chi connectivity index (χ3n) is 5.34. The lowest BCUT2D eigenvalue weighted by molar-refractivity contribution is -0.139. The molecule has 0 saturated carbocycles. The van der Waals surface area contributed by atoms with Gasteiger partial charge in [0.1, 0.15) is 0 Å². The van der Waals surface area contributed by atoms with E-state index in [1.165, 1.54) is 11.1 Å². The van der Waals surface area contributed by atoms with E-state index in [1.54, 1.807) is 0 Å². The number of ether oxygens (including phenoxy) is 2. The molecule has 5 heteroatoms. The van der Waals surface area contributed by atoms with Crippen LogP contribution in [0.5, 0.6) is 0 Å². The normalized spacial score (nSPS) is 22.2. The largest absolute Gasteiger partial charge is 0.377 e. The SMILES string of the molecule is c1cncc(CN2CC3(C2)OCCC3CCOCc2ccncc2)c1. The van der Waals surface area contributed by atoms with Crippen LogP contribution in [-0.4, -0.2) is 46.8 Å². The van der Waals surface area contributed by atoms with Crippen molar-refractivity contribution in [3.8, 4) is 0 Å². The fraction of sp³-hybridized carbons (Fsp3) is 0.500. The topological polar surface area (TPSA) is 47.5 Å². The average Bonchev–Trinajstić information content (AvgIpc) is 3.04. The fourth-order valence-corrected chi connectivity index (χ4v) is 4.01. The number of hydrogen-bond donors (Lipinski definition) is 0. The van der Waals surface area contributed by atoms with Gasteiger partial charge in [-0.1, -0.05) is 6.07 Å². The average molecular weight is 339 g/mol. The van der Waals surface area contributed by atoms with Crippen LogP contribution in [0.25, 0.3) is 0 Å². The highest BCUT2D eigenvalue weighted by atomic mass is 16.5. The maximum absolute atomic E-state index is 6.15. The number of aromatic nitrogens is 2. The molecular formula is C20H25N3O2. The van der Waals surface area contributed by atoms with E-state index in [0.717, 1.165) is 45.7 Å². The lowest BCUT2D eigenvalue weighted by Gasteiger charge is -2.50. The summed E-state index contributed by atoms with van der Waals surface area (Å²) in [6, 6.07) is 8.14. The zero-order valence-corrected chi connectivity index (χ0v) is 14.5. The number of likely N-dealkylation sites (tertiary alicyclic amines) is 1. The summed E-state index contributed by atoms with van der Waals surface area (Å²) in [5.41, 5.74) is 2.51. The van der Waals surface area contributed by atoms with E-state index in [0.29, 0.717) is 12.5 Å². The highest BCUT2D eigenvalue weighted by Gasteiger charge is 2.52. The molecule has 0 aromatic carbocycles. The lowest BCUT2D eigenvalue weighted by Crippen LogP contribution is -2.64. The van der Waals surface area contributed by atoms with Crippen molar-refractivity contribution in [1.29, 1.82) is 0 Å². The summed E-state index contributed by atoms with van der Waals surface area (Å²) in [6.45, 7) is 5.35. The first kappa shape index (κ1) is 16.6. The minimum Gasteiger partial charge on any atom is -0.377 e. The molecule has 0 radical (unpaired) electrons. The number of rotatable bonds is 7. The van der Waals surface area contributed by atoms with Gasteiger partial charge in [0.2, 0.25) is 0 Å². The molecule has 1 unspecified atom stereocenters. The van der Waals surface area contributed by atoms with Gasteiger partial charge in [0, 0.05) is 57.6 Å². The molecule has 4 rings (SSSR count). The first-order valence-electron chi connectivity index (χ1n) is 9.06. The third-order valence-corrected chi connectivity index (χ3v) is 5.34. The molecule has 25 heavy (non-hydrogen) atoms. The van der Waals surface area contributed by atoms with E-state index in [9.17, 15) is 0 Å². The second-order valence-corrected chi connectivity index (χ2v) is 7.10. The van der Waals surface area contributed by atoms with Gasteiger partial charge in [0.15, 0.2) is 0 Å². The van der Waals surface area contributed by atoms with E-state index in [4.69, 9.17) is 9.47 Å². The van der Waals surface area contributed by atoms with Gasteiger partial charge in [-0.25, -0.2) is 0 Å². The number of hydrogen-bond acceptors (Lipinski definition) is 5. The van der Waals surface area contributed by atoms with E-state index < -0.39 is 0 Å². The molecule has 2 aromatic heterocycles. The molecule has 1 atom stereocenters. The van der Waals surface area contributed by atoms with Crippen LogP contribution in [0.15, 0.2) is 49.1 Å². The predicted molar refractivity (Wildman–Crippen MR) is 94.8 cm³/mol. The molecule has 2 aromatic rings. The van der Waals surface area contributed by atoms with Gasteiger partial charge in [-0.2, -0.15) is 0 Å². The molecule has 1 spiro atoms. The molecule has 2 aliphatic heterocycles. The van der Waals surface area contributed by atoms with Crippen molar-refractivity contribution in [2.75, 3.05) is 26.3 Å². The van der Waals surface area contributed by atoms with E-state index in [2.05, 4.69) is 20.9 Å². The van der Waals surface area contributed by atoms with Crippen LogP contribution in [0.2, 0.25) is 0 Å². The Bertz CT molecular complexity index is 659. The second kappa shape index (κ2) is 7.60. The molecular weight excluding hydrogens is 314 g/mol. The van der Waals surface area contributed by atoms with Crippen LogP contribution < -0.4 is 0 Å². The lowest BCUT2D eigenvalue weighted by atomic mass is 9.79. The minimum absolute atomic E-state index is 0.0578. The maximum Gasteiger partial charge on any atom is 0.0964 e. The van der Waals surface area contributed by atoms with Gasteiger partial charge in [-0.15, -0.1) is 0 Å². The van der Waals surface area contributed by atoms with Crippen molar-refractivity contribution in [2.24, 2.45) is 5.92 Å². The van der Waals surface area contributed by atoms with Crippen molar-refractivity contribution < 1.29 is 9.47 Å². The molecule has 0 bridgehead atoms. The standard InChI is InChI=1S/C20H25N3O2/c1-2-18(12-22-7-1)13-23-15-20(16-23)19(6-11-25-20)5-10-24-14-17-3-8-21-9-4-17/h1-4,7-9,12,19H,5-6,10-11,13-16H2. The van der Waals surface area contributed by atoms with Crippen molar-refractivity contribution >= 4 is 0 Å². The van der Waals surface area contributed by atoms with Crippen LogP contribution in [0, 0.1) is 5.92 Å². The Morgan fingerprint density at radius 2 is 2.00 bits per heavy atom. The Hall–Kier alpha value is -1.82. The first-order valence-corrected chi connectivity index (χ1v) is 9.06. The zero-order valence-electron chi connectivity index (χ0n) is 14.5. The van der Waals surface area contributed by atoms with E-state index in [1.807, 2.05) is 43.0 Å². The minimum atomic E-state index is 0.0578. The van der Waals surface area contributed by atoms with Gasteiger partial charge in [0.25, 0.3) is 0 Å². The summed E-state index contributed by atoms with van der Waals surface area (Å²) in [5, 5.41) is 0. The summed E-state index contributed by atoms with van der Waals surface area (Å²) in [7, 11) is 0. The van der Waals surface area contributed by atoms with Crippen LogP contribution in [0.1, 0.15) is 24.0 Å².